The number of halogens is 1. The molecular weight excluding hydrogens is 179 g/mol. The van der Waals surface area contributed by atoms with Crippen molar-refractivity contribution in [2.75, 3.05) is 0 Å². The molecule has 1 rings (SSSR count). The van der Waals surface area contributed by atoms with Crippen LogP contribution in [0.25, 0.3) is 0 Å². The zero-order valence-corrected chi connectivity index (χ0v) is 8.13. The number of aryl methyl sites for hydroxylation is 1. The van der Waals surface area contributed by atoms with Crippen LogP contribution in [0.3, 0.4) is 0 Å². The molecule has 0 heterocycles. The third-order valence-corrected chi connectivity index (χ3v) is 2.21. The Morgan fingerprint density at radius 2 is 2.29 bits per heavy atom. The molecule has 0 aliphatic rings. The Morgan fingerprint density at radius 3 is 2.86 bits per heavy atom. The number of nitrogens with zero attached hydrogens (tertiary/aromatic N) is 1. The predicted octanol–water partition coefficient (Wildman–Crippen LogP) is 2.30. The molecule has 0 aliphatic carbocycles. The normalized spacial score (nSPS) is 12.1. The Balaban J connectivity index is 3.11. The van der Waals surface area contributed by atoms with Crippen LogP contribution in [0.2, 0.25) is 0 Å². The van der Waals surface area contributed by atoms with E-state index < -0.39 is 6.04 Å². The van der Waals surface area contributed by atoms with Gasteiger partial charge in [-0.25, -0.2) is 4.39 Å². The van der Waals surface area contributed by atoms with Crippen molar-refractivity contribution in [3.05, 3.63) is 35.1 Å². The van der Waals surface area contributed by atoms with Gasteiger partial charge in [0.1, 0.15) is 5.82 Å². The summed E-state index contributed by atoms with van der Waals surface area (Å²) in [4.78, 5) is 0. The van der Waals surface area contributed by atoms with Gasteiger partial charge in [-0.2, -0.15) is 5.26 Å². The molecule has 0 saturated carbocycles. The number of nitriles is 1. The number of nitrogens with two attached hydrogens (primary N) is 1. The maximum Gasteiger partial charge on any atom is 0.128 e. The Kier molecular flexibility index (Phi) is 3.61. The summed E-state index contributed by atoms with van der Waals surface area (Å²) in [5.74, 6) is -0.313. The van der Waals surface area contributed by atoms with E-state index in [1.165, 1.54) is 6.07 Å². The Hall–Kier alpha value is -1.40. The van der Waals surface area contributed by atoms with Crippen molar-refractivity contribution >= 4 is 0 Å². The second-order valence-electron chi connectivity index (χ2n) is 3.13. The highest BCUT2D eigenvalue weighted by Crippen LogP contribution is 2.22. The molecule has 2 nitrogen and oxygen atoms in total. The van der Waals surface area contributed by atoms with Crippen LogP contribution < -0.4 is 5.73 Å². The highest BCUT2D eigenvalue weighted by atomic mass is 19.1. The van der Waals surface area contributed by atoms with Crippen LogP contribution in [-0.4, -0.2) is 0 Å². The van der Waals surface area contributed by atoms with E-state index in [0.29, 0.717) is 5.56 Å². The average molecular weight is 192 g/mol. The van der Waals surface area contributed by atoms with E-state index in [1.807, 2.05) is 19.1 Å². The predicted molar refractivity (Wildman–Crippen MR) is 52.9 cm³/mol. The van der Waals surface area contributed by atoms with Gasteiger partial charge in [0.15, 0.2) is 0 Å². The number of hydrogen-bond acceptors (Lipinski definition) is 2. The molecule has 1 atom stereocenters. The number of hydrogen-bond donors (Lipinski definition) is 1. The fourth-order valence-corrected chi connectivity index (χ4v) is 1.51. The molecule has 0 radical (unpaired) electrons. The van der Waals surface area contributed by atoms with Gasteiger partial charge in [0.2, 0.25) is 0 Å². The van der Waals surface area contributed by atoms with Crippen molar-refractivity contribution in [3.63, 3.8) is 0 Å². The van der Waals surface area contributed by atoms with Gasteiger partial charge in [0.05, 0.1) is 12.5 Å². The smallest absolute Gasteiger partial charge is 0.128 e. The SMILES string of the molecule is CCc1cccc(F)c1C(N)CC#N. The van der Waals surface area contributed by atoms with Crippen LogP contribution >= 0.6 is 0 Å². The van der Waals surface area contributed by atoms with E-state index in [1.54, 1.807) is 6.07 Å². The second-order valence-corrected chi connectivity index (χ2v) is 3.13. The van der Waals surface area contributed by atoms with Gasteiger partial charge < -0.3 is 5.73 Å². The van der Waals surface area contributed by atoms with Gasteiger partial charge in [-0.3, -0.25) is 0 Å². The van der Waals surface area contributed by atoms with Crippen LogP contribution in [0.15, 0.2) is 18.2 Å². The van der Waals surface area contributed by atoms with Gasteiger partial charge in [0, 0.05) is 11.6 Å². The summed E-state index contributed by atoms with van der Waals surface area (Å²) < 4.78 is 13.4. The van der Waals surface area contributed by atoms with E-state index in [-0.39, 0.29) is 12.2 Å². The molecule has 2 N–H and O–H groups in total. The van der Waals surface area contributed by atoms with E-state index in [0.717, 1.165) is 12.0 Å². The molecule has 1 aromatic carbocycles. The number of benzene rings is 1. The van der Waals surface area contributed by atoms with Crippen molar-refractivity contribution in [2.45, 2.75) is 25.8 Å². The minimum atomic E-state index is -0.517. The summed E-state index contributed by atoms with van der Waals surface area (Å²) >= 11 is 0. The quantitative estimate of drug-likeness (QED) is 0.798. The van der Waals surface area contributed by atoms with Gasteiger partial charge >= 0.3 is 0 Å². The highest BCUT2D eigenvalue weighted by Gasteiger charge is 2.14. The molecule has 0 spiro atoms. The fourth-order valence-electron chi connectivity index (χ4n) is 1.51. The molecule has 74 valence electrons. The Morgan fingerprint density at radius 1 is 1.57 bits per heavy atom. The van der Waals surface area contributed by atoms with Crippen LogP contribution in [0, 0.1) is 17.1 Å². The molecule has 0 bridgehead atoms. The van der Waals surface area contributed by atoms with E-state index in [2.05, 4.69) is 0 Å². The maximum absolute atomic E-state index is 13.4. The first-order valence-corrected chi connectivity index (χ1v) is 4.60. The van der Waals surface area contributed by atoms with Gasteiger partial charge in [-0.1, -0.05) is 19.1 Å². The van der Waals surface area contributed by atoms with Gasteiger partial charge in [-0.05, 0) is 18.1 Å². The molecule has 0 aromatic heterocycles. The maximum atomic E-state index is 13.4. The standard InChI is InChI=1S/C11H13FN2/c1-2-8-4-3-5-9(12)11(8)10(14)6-7-13/h3-5,10H,2,6,14H2,1H3. The number of rotatable bonds is 3. The summed E-state index contributed by atoms with van der Waals surface area (Å²) in [6, 6.07) is 6.32. The molecule has 0 aliphatic heterocycles. The van der Waals surface area contributed by atoms with Crippen LogP contribution in [0.5, 0.6) is 0 Å². The molecule has 0 fully saturated rings. The molecule has 3 heteroatoms. The average Bonchev–Trinajstić information content (AvgIpc) is 2.17. The molecular formula is C11H13FN2. The first-order chi connectivity index (χ1) is 6.70. The lowest BCUT2D eigenvalue weighted by atomic mass is 9.97. The summed E-state index contributed by atoms with van der Waals surface area (Å²) in [5.41, 5.74) is 7.09. The van der Waals surface area contributed by atoms with Crippen molar-refractivity contribution in [2.24, 2.45) is 5.73 Å². The highest BCUT2D eigenvalue weighted by molar-refractivity contribution is 5.31. The molecule has 0 amide bonds. The lowest BCUT2D eigenvalue weighted by Gasteiger charge is -2.13. The first kappa shape index (κ1) is 10.7. The Labute approximate surface area is 83.2 Å². The summed E-state index contributed by atoms with van der Waals surface area (Å²) in [7, 11) is 0. The fraction of sp³-hybridized carbons (Fsp3) is 0.364. The third-order valence-electron chi connectivity index (χ3n) is 2.21. The van der Waals surface area contributed by atoms with Crippen LogP contribution in [0.4, 0.5) is 4.39 Å². The van der Waals surface area contributed by atoms with Crippen molar-refractivity contribution in [1.29, 1.82) is 5.26 Å². The molecule has 0 saturated heterocycles. The van der Waals surface area contributed by atoms with Gasteiger partial charge in [-0.15, -0.1) is 0 Å². The molecule has 1 unspecified atom stereocenters. The topological polar surface area (TPSA) is 49.8 Å². The molecule has 14 heavy (non-hydrogen) atoms. The van der Waals surface area contributed by atoms with Crippen molar-refractivity contribution in [1.82, 2.24) is 0 Å². The Bertz CT molecular complexity index is 355. The molecule has 1 aromatic rings. The van der Waals surface area contributed by atoms with E-state index >= 15 is 0 Å². The summed E-state index contributed by atoms with van der Waals surface area (Å²) in [5, 5.41) is 8.50. The van der Waals surface area contributed by atoms with Crippen molar-refractivity contribution in [3.8, 4) is 6.07 Å². The van der Waals surface area contributed by atoms with Crippen LogP contribution in [-0.2, 0) is 6.42 Å². The minimum absolute atomic E-state index is 0.147. The zero-order valence-electron chi connectivity index (χ0n) is 8.13. The van der Waals surface area contributed by atoms with Crippen molar-refractivity contribution < 1.29 is 4.39 Å². The summed E-state index contributed by atoms with van der Waals surface area (Å²) in [6.45, 7) is 1.94. The second kappa shape index (κ2) is 4.73. The van der Waals surface area contributed by atoms with E-state index in [9.17, 15) is 4.39 Å². The largest absolute Gasteiger partial charge is 0.323 e. The zero-order chi connectivity index (χ0) is 10.6. The van der Waals surface area contributed by atoms with Gasteiger partial charge in [0.25, 0.3) is 0 Å². The monoisotopic (exact) mass is 192 g/mol. The summed E-state index contributed by atoms with van der Waals surface area (Å²) in [6.07, 6.45) is 0.875. The first-order valence-electron chi connectivity index (χ1n) is 4.60. The lowest BCUT2D eigenvalue weighted by Crippen LogP contribution is -2.13. The van der Waals surface area contributed by atoms with E-state index in [4.69, 9.17) is 11.0 Å². The third kappa shape index (κ3) is 2.09. The lowest BCUT2D eigenvalue weighted by molar-refractivity contribution is 0.580. The minimum Gasteiger partial charge on any atom is -0.323 e. The van der Waals surface area contributed by atoms with Crippen LogP contribution in [0.1, 0.15) is 30.5 Å².